The predicted molar refractivity (Wildman–Crippen MR) is 125 cm³/mol. The van der Waals surface area contributed by atoms with Gasteiger partial charge in [0.25, 0.3) is 0 Å². The van der Waals surface area contributed by atoms with Gasteiger partial charge in [0.2, 0.25) is 0 Å². The number of ether oxygens (including phenoxy) is 2. The predicted octanol–water partition coefficient (Wildman–Crippen LogP) is 6.12. The molecular formula is C26H32N2O3. The second kappa shape index (κ2) is 8.66. The van der Waals surface area contributed by atoms with Gasteiger partial charge in [-0.2, -0.15) is 0 Å². The Morgan fingerprint density at radius 1 is 1.10 bits per heavy atom. The maximum absolute atomic E-state index is 13.4. The zero-order chi connectivity index (χ0) is 22.0. The van der Waals surface area contributed by atoms with E-state index in [1.54, 1.807) is 7.11 Å². The van der Waals surface area contributed by atoms with Crippen molar-refractivity contribution in [2.45, 2.75) is 33.6 Å². The molecule has 0 aromatic heterocycles. The van der Waals surface area contributed by atoms with Crippen LogP contribution in [0, 0.1) is 17.3 Å². The standard InChI is InChI=1S/C26H32N2O3/c1-5-31-23-14-10-21(11-15-23)28(17-18-6-7-19-16-24(18)26(19,2)3)25(29)27-20-8-12-22(30-4)13-9-20/h6,8-15,19,24H,5,7,16-17H2,1-4H3,(H,27,29)/t19-,24-/m1/s1. The van der Waals surface area contributed by atoms with Gasteiger partial charge in [0.05, 0.1) is 13.7 Å². The van der Waals surface area contributed by atoms with Crippen LogP contribution in [0.15, 0.2) is 60.2 Å². The number of amides is 2. The maximum atomic E-state index is 13.4. The van der Waals surface area contributed by atoms with Gasteiger partial charge >= 0.3 is 6.03 Å². The van der Waals surface area contributed by atoms with Gasteiger partial charge in [-0.15, -0.1) is 0 Å². The molecule has 2 amide bonds. The molecule has 2 bridgehead atoms. The first-order chi connectivity index (χ1) is 14.9. The van der Waals surface area contributed by atoms with E-state index < -0.39 is 0 Å². The summed E-state index contributed by atoms with van der Waals surface area (Å²) < 4.78 is 10.8. The zero-order valence-corrected chi connectivity index (χ0v) is 18.9. The summed E-state index contributed by atoms with van der Waals surface area (Å²) in [5, 5.41) is 3.04. The maximum Gasteiger partial charge on any atom is 0.326 e. The Labute approximate surface area is 185 Å². The Balaban J connectivity index is 1.57. The summed E-state index contributed by atoms with van der Waals surface area (Å²) in [6.45, 7) is 7.89. The molecule has 5 rings (SSSR count). The third-order valence-electron chi connectivity index (χ3n) is 6.97. The molecule has 0 radical (unpaired) electrons. The summed E-state index contributed by atoms with van der Waals surface area (Å²) in [4.78, 5) is 15.2. The van der Waals surface area contributed by atoms with E-state index in [1.807, 2.05) is 60.4 Å². The third kappa shape index (κ3) is 4.27. The SMILES string of the molecule is CCOc1ccc(N(CC2=CC[C@@H]3C[C@H]2C3(C)C)C(=O)Nc2ccc(OC)cc2)cc1. The van der Waals surface area contributed by atoms with Crippen molar-refractivity contribution in [1.82, 2.24) is 0 Å². The van der Waals surface area contributed by atoms with Gasteiger partial charge in [0.1, 0.15) is 11.5 Å². The van der Waals surface area contributed by atoms with Gasteiger partial charge in [-0.05, 0) is 85.5 Å². The number of nitrogens with one attached hydrogen (secondary N) is 1. The molecule has 2 aromatic rings. The highest BCUT2D eigenvalue weighted by Crippen LogP contribution is 2.59. The molecule has 31 heavy (non-hydrogen) atoms. The Kier molecular flexibility index (Phi) is 5.94. The largest absolute Gasteiger partial charge is 0.497 e. The van der Waals surface area contributed by atoms with E-state index in [1.165, 1.54) is 12.0 Å². The van der Waals surface area contributed by atoms with Gasteiger partial charge in [-0.3, -0.25) is 4.90 Å². The molecule has 5 heteroatoms. The lowest BCUT2D eigenvalue weighted by molar-refractivity contribution is -0.00666. The van der Waals surface area contributed by atoms with Crippen molar-refractivity contribution < 1.29 is 14.3 Å². The third-order valence-corrected chi connectivity index (χ3v) is 6.97. The highest BCUT2D eigenvalue weighted by Gasteiger charge is 2.51. The molecule has 1 N–H and O–H groups in total. The quantitative estimate of drug-likeness (QED) is 0.549. The molecule has 3 aliphatic carbocycles. The Morgan fingerprint density at radius 2 is 1.77 bits per heavy atom. The summed E-state index contributed by atoms with van der Waals surface area (Å²) in [6, 6.07) is 15.0. The molecule has 1 fully saturated rings. The van der Waals surface area contributed by atoms with E-state index in [0.717, 1.165) is 35.2 Å². The van der Waals surface area contributed by atoms with Crippen LogP contribution in [0.3, 0.4) is 0 Å². The van der Waals surface area contributed by atoms with E-state index in [9.17, 15) is 4.79 Å². The van der Waals surface area contributed by atoms with Crippen molar-refractivity contribution in [2.75, 3.05) is 30.5 Å². The highest BCUT2D eigenvalue weighted by molar-refractivity contribution is 6.02. The van der Waals surface area contributed by atoms with Gasteiger partial charge in [0, 0.05) is 17.9 Å². The average Bonchev–Trinajstić information content (AvgIpc) is 2.78. The van der Waals surface area contributed by atoms with Crippen molar-refractivity contribution in [3.8, 4) is 11.5 Å². The summed E-state index contributed by atoms with van der Waals surface area (Å²) in [7, 11) is 1.63. The number of hydrogen-bond acceptors (Lipinski definition) is 3. The van der Waals surface area contributed by atoms with Crippen molar-refractivity contribution in [3.05, 3.63) is 60.2 Å². The van der Waals surface area contributed by atoms with Crippen molar-refractivity contribution in [2.24, 2.45) is 17.3 Å². The molecule has 0 spiro atoms. The van der Waals surface area contributed by atoms with Crippen LogP contribution in [0.5, 0.6) is 11.5 Å². The number of fused-ring (bicyclic) bond motifs is 1. The van der Waals surface area contributed by atoms with E-state index in [2.05, 4.69) is 25.2 Å². The Morgan fingerprint density at radius 3 is 2.35 bits per heavy atom. The zero-order valence-electron chi connectivity index (χ0n) is 18.9. The van der Waals surface area contributed by atoms with E-state index >= 15 is 0 Å². The van der Waals surface area contributed by atoms with Crippen molar-refractivity contribution >= 4 is 17.4 Å². The lowest BCUT2D eigenvalue weighted by atomic mass is 9.49. The van der Waals surface area contributed by atoms with Gasteiger partial charge < -0.3 is 14.8 Å². The van der Waals surface area contributed by atoms with Crippen LogP contribution in [-0.4, -0.2) is 26.3 Å². The second-order valence-electron chi connectivity index (χ2n) is 8.99. The lowest BCUT2D eigenvalue weighted by Crippen LogP contribution is -2.50. The van der Waals surface area contributed by atoms with Crippen LogP contribution in [0.1, 0.15) is 33.6 Å². The van der Waals surface area contributed by atoms with E-state index in [0.29, 0.717) is 24.5 Å². The molecule has 5 nitrogen and oxygen atoms in total. The number of allylic oxidation sites excluding steroid dienone is 1. The lowest BCUT2D eigenvalue weighted by Gasteiger charge is -2.57. The Hall–Kier alpha value is -2.95. The highest BCUT2D eigenvalue weighted by atomic mass is 16.5. The van der Waals surface area contributed by atoms with Crippen molar-refractivity contribution in [1.29, 1.82) is 0 Å². The second-order valence-corrected chi connectivity index (χ2v) is 8.99. The molecule has 3 aliphatic rings. The first-order valence-electron chi connectivity index (χ1n) is 11.1. The van der Waals surface area contributed by atoms with Crippen LogP contribution in [0.25, 0.3) is 0 Å². The van der Waals surface area contributed by atoms with E-state index in [4.69, 9.17) is 9.47 Å². The van der Waals surface area contributed by atoms with Gasteiger partial charge in [-0.25, -0.2) is 4.79 Å². The minimum absolute atomic E-state index is 0.144. The topological polar surface area (TPSA) is 50.8 Å². The number of urea groups is 1. The molecule has 0 aliphatic heterocycles. The number of anilines is 2. The minimum Gasteiger partial charge on any atom is -0.497 e. The fraction of sp³-hybridized carbons (Fsp3) is 0.423. The number of benzene rings is 2. The normalized spacial score (nSPS) is 20.8. The summed E-state index contributed by atoms with van der Waals surface area (Å²) in [5.41, 5.74) is 3.28. The average molecular weight is 421 g/mol. The van der Waals surface area contributed by atoms with Crippen LogP contribution >= 0.6 is 0 Å². The van der Waals surface area contributed by atoms with Crippen LogP contribution in [0.2, 0.25) is 0 Å². The number of carbonyl (C=O) groups is 1. The molecular weight excluding hydrogens is 388 g/mol. The Bertz CT molecular complexity index is 948. The summed E-state index contributed by atoms with van der Waals surface area (Å²) in [6.07, 6.45) is 4.69. The molecule has 0 unspecified atom stereocenters. The smallest absolute Gasteiger partial charge is 0.326 e. The number of nitrogens with zero attached hydrogens (tertiary/aromatic N) is 1. The van der Waals surface area contributed by atoms with Crippen molar-refractivity contribution in [3.63, 3.8) is 0 Å². The first kappa shape index (κ1) is 21.3. The van der Waals surface area contributed by atoms with Gasteiger partial charge in [0.15, 0.2) is 0 Å². The summed E-state index contributed by atoms with van der Waals surface area (Å²) >= 11 is 0. The van der Waals surface area contributed by atoms with Gasteiger partial charge in [-0.1, -0.05) is 25.5 Å². The number of rotatable bonds is 7. The minimum atomic E-state index is -0.144. The number of methoxy groups -OCH3 is 1. The van der Waals surface area contributed by atoms with E-state index in [-0.39, 0.29) is 6.03 Å². The molecule has 0 heterocycles. The fourth-order valence-corrected chi connectivity index (χ4v) is 4.87. The molecule has 2 aromatic carbocycles. The van der Waals surface area contributed by atoms with Crippen LogP contribution < -0.4 is 19.7 Å². The van der Waals surface area contributed by atoms with Crippen LogP contribution in [0.4, 0.5) is 16.2 Å². The molecule has 1 saturated carbocycles. The first-order valence-corrected chi connectivity index (χ1v) is 11.1. The molecule has 0 saturated heterocycles. The monoisotopic (exact) mass is 420 g/mol. The fourth-order valence-electron chi connectivity index (χ4n) is 4.87. The number of hydrogen-bond donors (Lipinski definition) is 1. The summed E-state index contributed by atoms with van der Waals surface area (Å²) in [5.74, 6) is 2.88. The number of carbonyl (C=O) groups excluding carboxylic acids is 1. The van der Waals surface area contributed by atoms with Crippen LogP contribution in [-0.2, 0) is 0 Å². The molecule has 164 valence electrons. The molecule has 2 atom stereocenters.